The minimum absolute atomic E-state index is 0.208. The van der Waals surface area contributed by atoms with Gasteiger partial charge in [-0.25, -0.2) is 24.3 Å². The van der Waals surface area contributed by atoms with Gasteiger partial charge in [0.1, 0.15) is 5.82 Å². The Morgan fingerprint density at radius 1 is 1.16 bits per heavy atom. The summed E-state index contributed by atoms with van der Waals surface area (Å²) < 4.78 is 41.3. The molecule has 0 radical (unpaired) electrons. The summed E-state index contributed by atoms with van der Waals surface area (Å²) in [6, 6.07) is 5.61. The van der Waals surface area contributed by atoms with Crippen LogP contribution < -0.4 is 5.32 Å². The molecule has 2 aromatic rings. The lowest BCUT2D eigenvalue weighted by Gasteiger charge is -2.20. The maximum absolute atomic E-state index is 12.0. The molecule has 31 heavy (non-hydrogen) atoms. The standard InChI is InChI=1S/C19H23F3N4O5/c1-18(2,12-16(27)30-31-17(28)19(20,21)22)11-14-25-15(29-26-14)8-4-6-10-24-13-7-3-5-9-23-13/h3,5,7,9H,4,6,8,10-12H2,1-2H3,(H,23,24). The van der Waals surface area contributed by atoms with Gasteiger partial charge in [0, 0.05) is 25.6 Å². The Morgan fingerprint density at radius 3 is 2.61 bits per heavy atom. The molecule has 0 unspecified atom stereocenters. The molecule has 2 rings (SSSR count). The molecule has 0 aliphatic rings. The number of aryl methyl sites for hydroxylation is 1. The minimum atomic E-state index is -5.24. The number of carbonyl (C=O) groups is 2. The van der Waals surface area contributed by atoms with Crippen LogP contribution in [0.15, 0.2) is 28.9 Å². The van der Waals surface area contributed by atoms with Gasteiger partial charge in [-0.05, 0) is 30.4 Å². The van der Waals surface area contributed by atoms with E-state index in [1.807, 2.05) is 18.2 Å². The summed E-state index contributed by atoms with van der Waals surface area (Å²) in [6.07, 6.45) is -1.40. The fourth-order valence-corrected chi connectivity index (χ4v) is 2.59. The van der Waals surface area contributed by atoms with Gasteiger partial charge in [0.25, 0.3) is 0 Å². The summed E-state index contributed by atoms with van der Waals surface area (Å²) in [5.74, 6) is -2.11. The summed E-state index contributed by atoms with van der Waals surface area (Å²) in [5.41, 5.74) is -0.768. The highest BCUT2D eigenvalue weighted by Crippen LogP contribution is 2.26. The molecule has 2 heterocycles. The number of hydrogen-bond acceptors (Lipinski definition) is 9. The SMILES string of the molecule is CC(C)(CC(=O)OOC(=O)C(F)(F)F)Cc1noc(CCCCNc2ccccn2)n1. The molecule has 1 N–H and O–H groups in total. The number of carbonyl (C=O) groups excluding carboxylic acids is 2. The van der Waals surface area contributed by atoms with Crippen LogP contribution >= 0.6 is 0 Å². The van der Waals surface area contributed by atoms with Crippen molar-refractivity contribution >= 4 is 17.8 Å². The number of nitrogens with one attached hydrogen (secondary N) is 1. The first kappa shape index (κ1) is 24.1. The summed E-state index contributed by atoms with van der Waals surface area (Å²) in [4.78, 5) is 38.1. The van der Waals surface area contributed by atoms with Gasteiger partial charge in [-0.2, -0.15) is 18.2 Å². The Hall–Kier alpha value is -3.18. The molecule has 0 aliphatic heterocycles. The van der Waals surface area contributed by atoms with Gasteiger partial charge in [-0.1, -0.05) is 25.1 Å². The predicted molar refractivity (Wildman–Crippen MR) is 100 cm³/mol. The molecule has 9 nitrogen and oxygen atoms in total. The number of nitrogens with zero attached hydrogens (tertiary/aromatic N) is 3. The van der Waals surface area contributed by atoms with E-state index in [1.165, 1.54) is 0 Å². The largest absolute Gasteiger partial charge is 0.495 e. The van der Waals surface area contributed by atoms with Gasteiger partial charge in [0.15, 0.2) is 5.82 Å². The molecule has 0 atom stereocenters. The van der Waals surface area contributed by atoms with Gasteiger partial charge >= 0.3 is 18.1 Å². The zero-order chi connectivity index (χ0) is 22.9. The van der Waals surface area contributed by atoms with Crippen LogP contribution in [0.5, 0.6) is 0 Å². The molecule has 0 saturated heterocycles. The second kappa shape index (κ2) is 10.7. The molecule has 0 aliphatic carbocycles. The molecule has 170 valence electrons. The molecular formula is C19H23F3N4O5. The molecule has 0 fully saturated rings. The van der Waals surface area contributed by atoms with E-state index in [-0.39, 0.29) is 12.8 Å². The molecule has 0 spiro atoms. The van der Waals surface area contributed by atoms with Crippen LogP contribution in [0.4, 0.5) is 19.0 Å². The van der Waals surface area contributed by atoms with Crippen LogP contribution in [-0.2, 0) is 32.2 Å². The maximum atomic E-state index is 12.0. The summed E-state index contributed by atoms with van der Waals surface area (Å²) in [5, 5.41) is 7.06. The highest BCUT2D eigenvalue weighted by molar-refractivity contribution is 5.77. The van der Waals surface area contributed by atoms with Crippen molar-refractivity contribution in [3.63, 3.8) is 0 Å². The summed E-state index contributed by atoms with van der Waals surface area (Å²) in [7, 11) is 0. The van der Waals surface area contributed by atoms with Crippen LogP contribution in [0.3, 0.4) is 0 Å². The Kier molecular flexibility index (Phi) is 8.34. The van der Waals surface area contributed by atoms with Crippen LogP contribution in [-0.4, -0.2) is 39.8 Å². The average molecular weight is 444 g/mol. The number of unbranched alkanes of at least 4 members (excludes halogenated alkanes) is 1. The van der Waals surface area contributed by atoms with E-state index in [0.717, 1.165) is 25.2 Å². The first-order chi connectivity index (χ1) is 14.5. The van der Waals surface area contributed by atoms with Crippen molar-refractivity contribution in [2.24, 2.45) is 5.41 Å². The third kappa shape index (κ3) is 9.01. The Bertz CT molecular complexity index is 856. The molecule has 0 amide bonds. The van der Waals surface area contributed by atoms with Gasteiger partial charge < -0.3 is 9.84 Å². The molecule has 12 heteroatoms. The van der Waals surface area contributed by atoms with E-state index in [2.05, 4.69) is 30.2 Å². The third-order valence-electron chi connectivity index (χ3n) is 4.00. The fourth-order valence-electron chi connectivity index (χ4n) is 2.59. The van der Waals surface area contributed by atoms with Crippen molar-refractivity contribution in [1.29, 1.82) is 0 Å². The topological polar surface area (TPSA) is 116 Å². The van der Waals surface area contributed by atoms with Crippen molar-refractivity contribution in [1.82, 2.24) is 15.1 Å². The maximum Gasteiger partial charge on any atom is 0.495 e. The predicted octanol–water partition coefficient (Wildman–Crippen LogP) is 3.42. The number of anilines is 1. The summed E-state index contributed by atoms with van der Waals surface area (Å²) >= 11 is 0. The number of rotatable bonds is 10. The normalized spacial score (nSPS) is 11.8. The first-order valence-electron chi connectivity index (χ1n) is 9.50. The number of aromatic nitrogens is 3. The van der Waals surface area contributed by atoms with Crippen molar-refractivity contribution in [2.75, 3.05) is 11.9 Å². The van der Waals surface area contributed by atoms with Gasteiger partial charge in [-0.15, -0.1) is 0 Å². The quantitative estimate of drug-likeness (QED) is 0.334. The fraction of sp³-hybridized carbons (Fsp3) is 0.526. The smallest absolute Gasteiger partial charge is 0.370 e. The Labute approximate surface area is 176 Å². The highest BCUT2D eigenvalue weighted by Gasteiger charge is 2.43. The van der Waals surface area contributed by atoms with Crippen molar-refractivity contribution < 1.29 is 37.1 Å². The average Bonchev–Trinajstić information content (AvgIpc) is 3.11. The van der Waals surface area contributed by atoms with E-state index in [4.69, 9.17) is 4.52 Å². The zero-order valence-corrected chi connectivity index (χ0v) is 17.1. The lowest BCUT2D eigenvalue weighted by molar-refractivity contribution is -0.286. The second-order valence-corrected chi connectivity index (χ2v) is 7.54. The highest BCUT2D eigenvalue weighted by atomic mass is 19.4. The number of pyridine rings is 1. The second-order valence-electron chi connectivity index (χ2n) is 7.54. The number of alkyl halides is 3. The third-order valence-corrected chi connectivity index (χ3v) is 4.00. The van der Waals surface area contributed by atoms with Gasteiger partial charge in [0.05, 0.1) is 6.42 Å². The molecule has 0 aromatic carbocycles. The summed E-state index contributed by atoms with van der Waals surface area (Å²) in [6.45, 7) is 4.07. The molecular weight excluding hydrogens is 421 g/mol. The van der Waals surface area contributed by atoms with Crippen LogP contribution in [0.2, 0.25) is 0 Å². The van der Waals surface area contributed by atoms with E-state index >= 15 is 0 Å². The Morgan fingerprint density at radius 2 is 1.94 bits per heavy atom. The van der Waals surface area contributed by atoms with Crippen LogP contribution in [0.1, 0.15) is 44.8 Å². The molecule has 0 bridgehead atoms. The van der Waals surface area contributed by atoms with E-state index < -0.39 is 23.5 Å². The van der Waals surface area contributed by atoms with Crippen LogP contribution in [0.25, 0.3) is 0 Å². The van der Waals surface area contributed by atoms with E-state index in [9.17, 15) is 22.8 Å². The number of halogens is 3. The van der Waals surface area contributed by atoms with Crippen molar-refractivity contribution in [2.45, 2.75) is 52.1 Å². The van der Waals surface area contributed by atoms with Crippen LogP contribution in [0, 0.1) is 5.41 Å². The molecule has 0 saturated carbocycles. The number of hydrogen-bond donors (Lipinski definition) is 1. The lowest BCUT2D eigenvalue weighted by Crippen LogP contribution is -2.28. The zero-order valence-electron chi connectivity index (χ0n) is 17.1. The van der Waals surface area contributed by atoms with Crippen molar-refractivity contribution in [3.8, 4) is 0 Å². The van der Waals surface area contributed by atoms with Gasteiger partial charge in [0.2, 0.25) is 5.89 Å². The monoisotopic (exact) mass is 444 g/mol. The van der Waals surface area contributed by atoms with Crippen molar-refractivity contribution in [3.05, 3.63) is 36.1 Å². The van der Waals surface area contributed by atoms with E-state index in [1.54, 1.807) is 20.0 Å². The van der Waals surface area contributed by atoms with Gasteiger partial charge in [-0.3, -0.25) is 0 Å². The first-order valence-corrected chi connectivity index (χ1v) is 9.50. The van der Waals surface area contributed by atoms with E-state index in [0.29, 0.717) is 18.1 Å². The minimum Gasteiger partial charge on any atom is -0.370 e. The Balaban J connectivity index is 1.70. The molecule has 2 aromatic heterocycles. The lowest BCUT2D eigenvalue weighted by atomic mass is 9.85.